The number of hydrogen-bond donors (Lipinski definition) is 1. The summed E-state index contributed by atoms with van der Waals surface area (Å²) in [6, 6.07) is 16.8. The number of nitrogens with zero attached hydrogens (tertiary/aromatic N) is 1. The maximum atomic E-state index is 11.9. The van der Waals surface area contributed by atoms with Gasteiger partial charge in [0.2, 0.25) is 5.91 Å². The fraction of sp³-hybridized carbons (Fsp3) is 0.235. The van der Waals surface area contributed by atoms with Gasteiger partial charge in [0.15, 0.2) is 0 Å². The molecule has 0 saturated carbocycles. The maximum absolute atomic E-state index is 11.9. The smallest absolute Gasteiger partial charge is 0.220 e. The number of benzene rings is 2. The first-order chi connectivity index (χ1) is 9.59. The van der Waals surface area contributed by atoms with E-state index in [2.05, 4.69) is 0 Å². The second kappa shape index (κ2) is 6.24. The molecule has 1 atom stereocenters. The Morgan fingerprint density at radius 2 is 1.70 bits per heavy atom. The number of carbonyl (C=O) groups excluding carboxylic acids is 1. The highest BCUT2D eigenvalue weighted by Gasteiger charge is 2.20. The lowest BCUT2D eigenvalue weighted by molar-refractivity contribution is -0.131. The monoisotopic (exact) mass is 269 g/mol. The number of rotatable bonds is 4. The number of carbonyl (C=O) groups is 1. The lowest BCUT2D eigenvalue weighted by Crippen LogP contribution is -2.31. The average molecular weight is 269 g/mol. The first-order valence-electron chi connectivity index (χ1n) is 6.68. The second-order valence-electron chi connectivity index (χ2n) is 4.87. The van der Waals surface area contributed by atoms with Crippen LogP contribution >= 0.6 is 0 Å². The molecule has 2 aromatic carbocycles. The van der Waals surface area contributed by atoms with Crippen molar-refractivity contribution in [1.82, 2.24) is 4.90 Å². The minimum absolute atomic E-state index is 0.00962. The molecule has 1 unspecified atom stereocenters. The Balaban J connectivity index is 2.25. The summed E-state index contributed by atoms with van der Waals surface area (Å²) in [6.07, 6.45) is 0. The van der Waals surface area contributed by atoms with Crippen molar-refractivity contribution < 1.29 is 9.90 Å². The van der Waals surface area contributed by atoms with E-state index in [1.165, 1.54) is 0 Å². The van der Waals surface area contributed by atoms with E-state index in [1.54, 1.807) is 24.0 Å². The fourth-order valence-electron chi connectivity index (χ4n) is 2.31. The van der Waals surface area contributed by atoms with E-state index in [0.717, 1.165) is 11.1 Å². The summed E-state index contributed by atoms with van der Waals surface area (Å²) in [4.78, 5) is 13.7. The zero-order valence-electron chi connectivity index (χ0n) is 11.8. The van der Waals surface area contributed by atoms with Gasteiger partial charge >= 0.3 is 0 Å². The lowest BCUT2D eigenvalue weighted by atomic mass is 10.0. The highest BCUT2D eigenvalue weighted by molar-refractivity contribution is 5.74. The Morgan fingerprint density at radius 1 is 1.10 bits per heavy atom. The van der Waals surface area contributed by atoms with Crippen LogP contribution in [0, 0.1) is 0 Å². The highest BCUT2D eigenvalue weighted by atomic mass is 16.3. The van der Waals surface area contributed by atoms with E-state index in [-0.39, 0.29) is 17.7 Å². The molecule has 3 nitrogen and oxygen atoms in total. The van der Waals surface area contributed by atoms with Crippen molar-refractivity contribution in [2.45, 2.75) is 26.4 Å². The normalized spacial score (nSPS) is 11.9. The molecule has 2 rings (SSSR count). The van der Waals surface area contributed by atoms with Gasteiger partial charge in [-0.15, -0.1) is 0 Å². The van der Waals surface area contributed by atoms with Crippen molar-refractivity contribution in [1.29, 1.82) is 0 Å². The van der Waals surface area contributed by atoms with Gasteiger partial charge in [-0.3, -0.25) is 4.79 Å². The van der Waals surface area contributed by atoms with Gasteiger partial charge < -0.3 is 10.0 Å². The molecule has 1 amide bonds. The molecule has 0 fully saturated rings. The summed E-state index contributed by atoms with van der Waals surface area (Å²) >= 11 is 0. The molecule has 0 aliphatic heterocycles. The van der Waals surface area contributed by atoms with Gasteiger partial charge in [0.1, 0.15) is 5.75 Å². The molecule has 3 heteroatoms. The van der Waals surface area contributed by atoms with E-state index in [4.69, 9.17) is 0 Å². The van der Waals surface area contributed by atoms with E-state index in [9.17, 15) is 9.90 Å². The van der Waals surface area contributed by atoms with Crippen molar-refractivity contribution in [2.24, 2.45) is 0 Å². The Kier molecular flexibility index (Phi) is 4.41. The summed E-state index contributed by atoms with van der Waals surface area (Å²) in [5.74, 6) is 0.212. The van der Waals surface area contributed by atoms with Crippen LogP contribution in [0.1, 0.15) is 31.0 Å². The van der Waals surface area contributed by atoms with Crippen LogP contribution in [0.15, 0.2) is 54.6 Å². The quantitative estimate of drug-likeness (QED) is 0.922. The topological polar surface area (TPSA) is 40.5 Å². The summed E-state index contributed by atoms with van der Waals surface area (Å²) in [5, 5.41) is 9.94. The summed E-state index contributed by atoms with van der Waals surface area (Å²) in [5.41, 5.74) is 1.84. The van der Waals surface area contributed by atoms with Gasteiger partial charge in [-0.2, -0.15) is 0 Å². The lowest BCUT2D eigenvalue weighted by Gasteiger charge is -2.29. The van der Waals surface area contributed by atoms with Gasteiger partial charge in [-0.05, 0) is 18.6 Å². The molecule has 1 N–H and O–H groups in total. The molecule has 0 radical (unpaired) electrons. The predicted octanol–water partition coefficient (Wildman–Crippen LogP) is 3.50. The molecule has 0 spiro atoms. The molecule has 2 aromatic rings. The van der Waals surface area contributed by atoms with Crippen molar-refractivity contribution in [3.05, 3.63) is 65.7 Å². The molecule has 104 valence electrons. The highest BCUT2D eigenvalue weighted by Crippen LogP contribution is 2.29. The summed E-state index contributed by atoms with van der Waals surface area (Å²) in [7, 11) is 0. The van der Waals surface area contributed by atoms with Crippen LogP contribution in [0.4, 0.5) is 0 Å². The number of phenolic OH excluding ortho intramolecular Hbond substituents is 1. The third-order valence-electron chi connectivity index (χ3n) is 3.45. The number of aromatic hydroxyl groups is 1. The molecular weight excluding hydrogens is 250 g/mol. The van der Waals surface area contributed by atoms with Gasteiger partial charge in [-0.1, -0.05) is 48.5 Å². The minimum Gasteiger partial charge on any atom is -0.508 e. The predicted molar refractivity (Wildman–Crippen MR) is 79.2 cm³/mol. The number of phenols is 1. The van der Waals surface area contributed by atoms with E-state index < -0.39 is 0 Å². The molecule has 0 aliphatic rings. The third-order valence-corrected chi connectivity index (χ3v) is 3.45. The van der Waals surface area contributed by atoms with Crippen LogP contribution in [0.3, 0.4) is 0 Å². The molecule has 0 aromatic heterocycles. The summed E-state index contributed by atoms with van der Waals surface area (Å²) < 4.78 is 0. The van der Waals surface area contributed by atoms with Gasteiger partial charge in [0.25, 0.3) is 0 Å². The Hall–Kier alpha value is -2.29. The van der Waals surface area contributed by atoms with Crippen molar-refractivity contribution >= 4 is 5.91 Å². The van der Waals surface area contributed by atoms with Crippen LogP contribution in [-0.4, -0.2) is 15.9 Å². The van der Waals surface area contributed by atoms with Crippen LogP contribution in [0.2, 0.25) is 0 Å². The van der Waals surface area contributed by atoms with Crippen molar-refractivity contribution in [3.63, 3.8) is 0 Å². The van der Waals surface area contributed by atoms with Crippen LogP contribution in [-0.2, 0) is 11.3 Å². The number of hydrogen-bond acceptors (Lipinski definition) is 2. The molecule has 20 heavy (non-hydrogen) atoms. The number of para-hydroxylation sites is 1. The van der Waals surface area contributed by atoms with Gasteiger partial charge in [-0.25, -0.2) is 0 Å². The first kappa shape index (κ1) is 14.1. The molecule has 0 heterocycles. The van der Waals surface area contributed by atoms with Crippen LogP contribution in [0.25, 0.3) is 0 Å². The van der Waals surface area contributed by atoms with Gasteiger partial charge in [0, 0.05) is 19.0 Å². The van der Waals surface area contributed by atoms with Crippen LogP contribution < -0.4 is 0 Å². The largest absolute Gasteiger partial charge is 0.508 e. The van der Waals surface area contributed by atoms with Gasteiger partial charge in [0.05, 0.1) is 6.04 Å². The Labute approximate surface area is 119 Å². The van der Waals surface area contributed by atoms with Crippen molar-refractivity contribution in [3.8, 4) is 5.75 Å². The second-order valence-corrected chi connectivity index (χ2v) is 4.87. The molecule has 0 saturated heterocycles. The third kappa shape index (κ3) is 3.18. The van der Waals surface area contributed by atoms with E-state index >= 15 is 0 Å². The SMILES string of the molecule is CC(=O)N(Cc1ccccc1)C(C)c1ccccc1O. The zero-order valence-corrected chi connectivity index (χ0v) is 11.8. The van der Waals surface area contributed by atoms with Crippen LogP contribution in [0.5, 0.6) is 5.75 Å². The average Bonchev–Trinajstić information content (AvgIpc) is 2.45. The minimum atomic E-state index is -0.172. The first-order valence-corrected chi connectivity index (χ1v) is 6.68. The Bertz CT molecular complexity index is 581. The molecule has 0 bridgehead atoms. The number of amides is 1. The van der Waals surface area contributed by atoms with E-state index in [1.807, 2.05) is 49.4 Å². The van der Waals surface area contributed by atoms with Crippen molar-refractivity contribution in [2.75, 3.05) is 0 Å². The molecule has 0 aliphatic carbocycles. The summed E-state index contributed by atoms with van der Waals surface area (Å²) in [6.45, 7) is 4.02. The zero-order chi connectivity index (χ0) is 14.5. The maximum Gasteiger partial charge on any atom is 0.220 e. The Morgan fingerprint density at radius 3 is 2.30 bits per heavy atom. The fourth-order valence-corrected chi connectivity index (χ4v) is 2.31. The molecular formula is C17H19NO2. The standard InChI is InChI=1S/C17H19NO2/c1-13(16-10-6-7-11-17(16)20)18(14(2)19)12-15-8-4-3-5-9-15/h3-11,13,20H,12H2,1-2H3. The van der Waals surface area contributed by atoms with E-state index in [0.29, 0.717) is 6.54 Å².